The molecule has 2 aromatic heterocycles. The van der Waals surface area contributed by atoms with E-state index in [1.165, 1.54) is 0 Å². The van der Waals surface area contributed by atoms with Crippen LogP contribution in [0.5, 0.6) is 0 Å². The quantitative estimate of drug-likeness (QED) is 0.671. The Kier molecular flexibility index (Phi) is 3.38. The molecule has 1 atom stereocenters. The third-order valence-electron chi connectivity index (χ3n) is 4.47. The van der Waals surface area contributed by atoms with Crippen molar-refractivity contribution < 1.29 is 4.74 Å². The molecule has 0 N–H and O–H groups in total. The third kappa shape index (κ3) is 2.18. The molecule has 0 saturated heterocycles. The van der Waals surface area contributed by atoms with E-state index in [-0.39, 0.29) is 0 Å². The van der Waals surface area contributed by atoms with Crippen LogP contribution in [0.25, 0.3) is 21.8 Å². The lowest BCUT2D eigenvalue weighted by atomic mass is 9.88. The number of ether oxygens (including phenoxy) is 1. The molecule has 3 aromatic rings. The summed E-state index contributed by atoms with van der Waals surface area (Å²) in [5.74, 6) is 0.329. The Bertz CT molecular complexity index is 797. The van der Waals surface area contributed by atoms with Gasteiger partial charge in [-0.2, -0.15) is 0 Å². The Morgan fingerprint density at radius 3 is 2.33 bits per heavy atom. The van der Waals surface area contributed by atoms with E-state index >= 15 is 0 Å². The van der Waals surface area contributed by atoms with Gasteiger partial charge in [-0.3, -0.25) is 4.98 Å². The van der Waals surface area contributed by atoms with Crippen LogP contribution in [0.2, 0.25) is 0 Å². The molecule has 0 bridgehead atoms. The van der Waals surface area contributed by atoms with Gasteiger partial charge in [0.2, 0.25) is 0 Å². The van der Waals surface area contributed by atoms with Gasteiger partial charge in [0.15, 0.2) is 0 Å². The Labute approximate surface area is 125 Å². The molecule has 108 valence electrons. The molecule has 1 unspecified atom stereocenters. The molecule has 0 spiro atoms. The molecule has 3 nitrogen and oxygen atoms in total. The van der Waals surface area contributed by atoms with Gasteiger partial charge >= 0.3 is 0 Å². The zero-order valence-electron chi connectivity index (χ0n) is 12.9. The van der Waals surface area contributed by atoms with E-state index in [1.54, 1.807) is 7.11 Å². The lowest BCUT2D eigenvalue weighted by Crippen LogP contribution is -2.31. The van der Waals surface area contributed by atoms with E-state index < -0.39 is 5.60 Å². The molecule has 0 aliphatic heterocycles. The maximum absolute atomic E-state index is 5.76. The van der Waals surface area contributed by atoms with Crippen LogP contribution in [0.3, 0.4) is 0 Å². The highest BCUT2D eigenvalue weighted by molar-refractivity contribution is 6.02. The molecule has 0 aliphatic carbocycles. The summed E-state index contributed by atoms with van der Waals surface area (Å²) in [6.45, 7) is 6.39. The van der Waals surface area contributed by atoms with Crippen LogP contribution in [0.15, 0.2) is 42.6 Å². The predicted octanol–water partition coefficient (Wildman–Crippen LogP) is 4.30. The van der Waals surface area contributed by atoms with Crippen molar-refractivity contribution in [3.63, 3.8) is 0 Å². The second-order valence-corrected chi connectivity index (χ2v) is 5.87. The molecule has 0 saturated carbocycles. The van der Waals surface area contributed by atoms with Crippen molar-refractivity contribution in [3.8, 4) is 0 Å². The Hall–Kier alpha value is -2.00. The smallest absolute Gasteiger partial charge is 0.109 e. The zero-order valence-corrected chi connectivity index (χ0v) is 12.9. The molecular weight excluding hydrogens is 260 g/mol. The summed E-state index contributed by atoms with van der Waals surface area (Å²) >= 11 is 0. The predicted molar refractivity (Wildman–Crippen MR) is 86.2 cm³/mol. The van der Waals surface area contributed by atoms with E-state index in [0.29, 0.717) is 5.92 Å². The summed E-state index contributed by atoms with van der Waals surface area (Å²) in [4.78, 5) is 9.38. The van der Waals surface area contributed by atoms with Crippen LogP contribution < -0.4 is 0 Å². The van der Waals surface area contributed by atoms with E-state index in [4.69, 9.17) is 9.72 Å². The first-order valence-electron chi connectivity index (χ1n) is 7.26. The van der Waals surface area contributed by atoms with Gasteiger partial charge in [0, 0.05) is 24.1 Å². The third-order valence-corrected chi connectivity index (χ3v) is 4.47. The average Bonchev–Trinajstić information content (AvgIpc) is 2.53. The van der Waals surface area contributed by atoms with Crippen LogP contribution in [0.4, 0.5) is 0 Å². The van der Waals surface area contributed by atoms with Crippen LogP contribution in [-0.4, -0.2) is 17.1 Å². The lowest BCUT2D eigenvalue weighted by molar-refractivity contribution is -0.0405. The average molecular weight is 280 g/mol. The van der Waals surface area contributed by atoms with Crippen molar-refractivity contribution in [1.82, 2.24) is 9.97 Å². The SMILES string of the molecule is COC(C)(c1ccc2ccc3cccnc3c2n1)C(C)C. The second-order valence-electron chi connectivity index (χ2n) is 5.87. The fraction of sp³-hybridized carbons (Fsp3) is 0.333. The zero-order chi connectivity index (χ0) is 15.0. The lowest BCUT2D eigenvalue weighted by Gasteiger charge is -2.31. The van der Waals surface area contributed by atoms with Crippen LogP contribution in [0.1, 0.15) is 26.5 Å². The van der Waals surface area contributed by atoms with Crippen molar-refractivity contribution in [2.75, 3.05) is 7.11 Å². The topological polar surface area (TPSA) is 35.0 Å². The number of aromatic nitrogens is 2. The van der Waals surface area contributed by atoms with Gasteiger partial charge in [0.25, 0.3) is 0 Å². The Morgan fingerprint density at radius 2 is 1.67 bits per heavy atom. The summed E-state index contributed by atoms with van der Waals surface area (Å²) in [6, 6.07) is 12.4. The van der Waals surface area contributed by atoms with Crippen molar-refractivity contribution in [1.29, 1.82) is 0 Å². The fourth-order valence-electron chi connectivity index (χ4n) is 2.64. The molecule has 3 rings (SSSR count). The van der Waals surface area contributed by atoms with Crippen molar-refractivity contribution in [2.24, 2.45) is 5.92 Å². The van der Waals surface area contributed by atoms with Gasteiger partial charge in [-0.25, -0.2) is 4.98 Å². The van der Waals surface area contributed by atoms with Gasteiger partial charge in [-0.1, -0.05) is 38.1 Å². The van der Waals surface area contributed by atoms with E-state index in [9.17, 15) is 0 Å². The summed E-state index contributed by atoms with van der Waals surface area (Å²) in [7, 11) is 1.74. The first kappa shape index (κ1) is 14.0. The number of pyridine rings is 2. The van der Waals surface area contributed by atoms with Crippen molar-refractivity contribution in [3.05, 3.63) is 48.3 Å². The minimum atomic E-state index is -0.398. The first-order valence-corrected chi connectivity index (χ1v) is 7.26. The Morgan fingerprint density at radius 1 is 1.00 bits per heavy atom. The summed E-state index contributed by atoms with van der Waals surface area (Å²) in [6.07, 6.45) is 1.81. The largest absolute Gasteiger partial charge is 0.372 e. The Balaban J connectivity index is 2.30. The standard InChI is InChI=1S/C18H20N2O/c1-12(2)18(3,21-4)15-10-9-14-8-7-13-6-5-11-19-16(13)17(14)20-15/h5-12H,1-4H3. The summed E-state index contributed by atoms with van der Waals surface area (Å²) < 4.78 is 5.76. The number of benzene rings is 1. The minimum Gasteiger partial charge on any atom is -0.372 e. The first-order chi connectivity index (χ1) is 10.1. The van der Waals surface area contributed by atoms with Gasteiger partial charge in [-0.15, -0.1) is 0 Å². The van der Waals surface area contributed by atoms with E-state index in [2.05, 4.69) is 56.1 Å². The van der Waals surface area contributed by atoms with E-state index in [0.717, 1.165) is 27.5 Å². The molecule has 0 aliphatic rings. The monoisotopic (exact) mass is 280 g/mol. The van der Waals surface area contributed by atoms with Gasteiger partial charge in [0.05, 0.1) is 16.7 Å². The number of hydrogen-bond donors (Lipinski definition) is 0. The van der Waals surface area contributed by atoms with Crippen LogP contribution >= 0.6 is 0 Å². The van der Waals surface area contributed by atoms with Gasteiger partial charge < -0.3 is 4.74 Å². The highest BCUT2D eigenvalue weighted by atomic mass is 16.5. The molecule has 2 heterocycles. The summed E-state index contributed by atoms with van der Waals surface area (Å²) in [5, 5.41) is 2.21. The van der Waals surface area contributed by atoms with E-state index in [1.807, 2.05) is 12.3 Å². The number of methoxy groups -OCH3 is 1. The van der Waals surface area contributed by atoms with Gasteiger partial charge in [-0.05, 0) is 25.0 Å². The molecule has 0 fully saturated rings. The molecular formula is C18H20N2O. The maximum Gasteiger partial charge on any atom is 0.109 e. The van der Waals surface area contributed by atoms with Crippen LogP contribution in [-0.2, 0) is 10.3 Å². The fourth-order valence-corrected chi connectivity index (χ4v) is 2.64. The maximum atomic E-state index is 5.76. The van der Waals surface area contributed by atoms with Crippen molar-refractivity contribution >= 4 is 21.8 Å². The normalized spacial score (nSPS) is 14.7. The highest BCUT2D eigenvalue weighted by Gasteiger charge is 2.32. The van der Waals surface area contributed by atoms with Crippen LogP contribution in [0, 0.1) is 5.92 Å². The number of fused-ring (bicyclic) bond motifs is 3. The molecule has 1 aromatic carbocycles. The highest BCUT2D eigenvalue weighted by Crippen LogP contribution is 2.33. The molecule has 0 amide bonds. The number of nitrogens with zero attached hydrogens (tertiary/aromatic N) is 2. The minimum absolute atomic E-state index is 0.329. The molecule has 3 heteroatoms. The molecule has 21 heavy (non-hydrogen) atoms. The van der Waals surface area contributed by atoms with Gasteiger partial charge in [0.1, 0.15) is 5.60 Å². The number of hydrogen-bond acceptors (Lipinski definition) is 3. The second kappa shape index (κ2) is 5.08. The summed E-state index contributed by atoms with van der Waals surface area (Å²) in [5.41, 5.74) is 2.43. The van der Waals surface area contributed by atoms with Crippen molar-refractivity contribution in [2.45, 2.75) is 26.4 Å². The molecule has 0 radical (unpaired) electrons. The number of rotatable bonds is 3.